The Hall–Kier alpha value is -2.35. The van der Waals surface area contributed by atoms with Gasteiger partial charge in [-0.2, -0.15) is 0 Å². The van der Waals surface area contributed by atoms with E-state index in [0.717, 1.165) is 11.3 Å². The summed E-state index contributed by atoms with van der Waals surface area (Å²) in [6.45, 7) is 0. The van der Waals surface area contributed by atoms with Crippen LogP contribution < -0.4 is 0 Å². The number of hydrogen-bond acceptors (Lipinski definition) is 1. The summed E-state index contributed by atoms with van der Waals surface area (Å²) >= 11 is 0. The molecule has 0 fully saturated rings. The van der Waals surface area contributed by atoms with Gasteiger partial charge in [-0.15, -0.1) is 0 Å². The van der Waals surface area contributed by atoms with Crippen molar-refractivity contribution in [3.05, 3.63) is 79.3 Å². The summed E-state index contributed by atoms with van der Waals surface area (Å²) in [6, 6.07) is 20.0. The lowest BCUT2D eigenvalue weighted by atomic mass is 10.1. The van der Waals surface area contributed by atoms with Crippen molar-refractivity contribution in [2.75, 3.05) is 0 Å². The van der Waals surface area contributed by atoms with E-state index in [1.54, 1.807) is 0 Å². The van der Waals surface area contributed by atoms with E-state index in [0.29, 0.717) is 0 Å². The molecule has 17 heavy (non-hydrogen) atoms. The second-order valence-corrected chi connectivity index (χ2v) is 3.47. The lowest BCUT2D eigenvalue weighted by molar-refractivity contribution is 1.33. The topological polar surface area (TPSA) is 28.7 Å². The van der Waals surface area contributed by atoms with Crippen LogP contribution in [0.2, 0.25) is 0 Å². The van der Waals surface area contributed by atoms with Crippen molar-refractivity contribution in [3.63, 3.8) is 0 Å². The average molecular weight is 222 g/mol. The Bertz CT molecular complexity index is 446. The predicted octanol–water partition coefficient (Wildman–Crippen LogP) is 3.76. The molecule has 0 amide bonds. The van der Waals surface area contributed by atoms with Crippen LogP contribution >= 0.6 is 0 Å². The third kappa shape index (κ3) is 3.61. The Morgan fingerprint density at radius 3 is 1.94 bits per heavy atom. The van der Waals surface area contributed by atoms with Crippen LogP contribution in [-0.2, 0) is 0 Å². The summed E-state index contributed by atoms with van der Waals surface area (Å²) in [5.41, 5.74) is 2.19. The van der Waals surface area contributed by atoms with Gasteiger partial charge in [-0.25, -0.2) is 0 Å². The van der Waals surface area contributed by atoms with Gasteiger partial charge in [-0.1, -0.05) is 36.4 Å². The van der Waals surface area contributed by atoms with E-state index in [-0.39, 0.29) is 0 Å². The number of nitrogens with zero attached hydrogens (tertiary/aromatic N) is 1. The summed E-state index contributed by atoms with van der Waals surface area (Å²) in [5, 5.41) is 0. The molecule has 0 radical (unpaired) electrons. The van der Waals surface area contributed by atoms with Crippen molar-refractivity contribution in [2.45, 2.75) is 0 Å². The zero-order valence-electron chi connectivity index (χ0n) is 9.45. The molecule has 0 aliphatic heterocycles. The molecular weight excluding hydrogens is 208 g/mol. The van der Waals surface area contributed by atoms with Crippen molar-refractivity contribution in [2.24, 2.45) is 0 Å². The molecule has 2 heterocycles. The molecule has 0 spiro atoms. The van der Waals surface area contributed by atoms with Crippen molar-refractivity contribution < 1.29 is 0 Å². The fourth-order valence-corrected chi connectivity index (χ4v) is 1.42. The van der Waals surface area contributed by atoms with Gasteiger partial charge in [0.1, 0.15) is 0 Å². The third-order valence-corrected chi connectivity index (χ3v) is 2.23. The summed E-state index contributed by atoms with van der Waals surface area (Å²) in [5.74, 6) is 0. The van der Waals surface area contributed by atoms with Gasteiger partial charge in [0.05, 0.1) is 5.69 Å². The van der Waals surface area contributed by atoms with Crippen molar-refractivity contribution in [3.8, 4) is 11.3 Å². The fourth-order valence-electron chi connectivity index (χ4n) is 1.42. The maximum Gasteiger partial charge on any atom is 0.0701 e. The van der Waals surface area contributed by atoms with E-state index >= 15 is 0 Å². The van der Waals surface area contributed by atoms with E-state index in [1.807, 2.05) is 67.1 Å². The maximum absolute atomic E-state index is 4.25. The molecule has 0 aliphatic carbocycles. The molecule has 1 aromatic carbocycles. The van der Waals surface area contributed by atoms with Crippen LogP contribution in [0.15, 0.2) is 79.3 Å². The molecule has 2 aromatic heterocycles. The van der Waals surface area contributed by atoms with Crippen LogP contribution in [-0.4, -0.2) is 9.97 Å². The van der Waals surface area contributed by atoms with Gasteiger partial charge in [0.15, 0.2) is 0 Å². The molecular formula is C15H14N2. The molecule has 0 unspecified atom stereocenters. The Labute approximate surface area is 101 Å². The molecule has 3 rings (SSSR count). The largest absolute Gasteiger partial charge is 0.368 e. The van der Waals surface area contributed by atoms with E-state index in [9.17, 15) is 0 Å². The number of hydrogen-bond donors (Lipinski definition) is 1. The molecule has 0 saturated carbocycles. The monoisotopic (exact) mass is 222 g/mol. The zero-order chi connectivity index (χ0) is 11.8. The second-order valence-electron chi connectivity index (χ2n) is 3.47. The minimum Gasteiger partial charge on any atom is -0.368 e. The number of aromatic nitrogens is 2. The molecule has 84 valence electrons. The van der Waals surface area contributed by atoms with Crippen LogP contribution in [0.3, 0.4) is 0 Å². The predicted molar refractivity (Wildman–Crippen MR) is 70.5 cm³/mol. The minimum atomic E-state index is 1.03. The van der Waals surface area contributed by atoms with Gasteiger partial charge in [0.2, 0.25) is 0 Å². The molecule has 1 N–H and O–H groups in total. The fraction of sp³-hybridized carbons (Fsp3) is 0. The first-order chi connectivity index (χ1) is 8.47. The van der Waals surface area contributed by atoms with Crippen LogP contribution in [0.5, 0.6) is 0 Å². The van der Waals surface area contributed by atoms with E-state index in [4.69, 9.17) is 0 Å². The normalized spacial score (nSPS) is 9.18. The van der Waals surface area contributed by atoms with Crippen LogP contribution in [0.1, 0.15) is 0 Å². The highest BCUT2D eigenvalue weighted by Crippen LogP contribution is 2.14. The lowest BCUT2D eigenvalue weighted by Crippen LogP contribution is -1.79. The SMILES string of the molecule is c1cc[nH]c1.c1ccc(-c2ccccn2)cc1. The van der Waals surface area contributed by atoms with Gasteiger partial charge < -0.3 is 4.98 Å². The first-order valence-electron chi connectivity index (χ1n) is 5.51. The summed E-state index contributed by atoms with van der Waals surface area (Å²) < 4.78 is 0. The number of benzene rings is 1. The molecule has 2 heteroatoms. The molecule has 0 saturated heterocycles. The van der Waals surface area contributed by atoms with Crippen LogP contribution in [0.4, 0.5) is 0 Å². The maximum atomic E-state index is 4.25. The summed E-state index contributed by atoms with van der Waals surface area (Å²) in [6.07, 6.45) is 5.56. The van der Waals surface area contributed by atoms with Crippen molar-refractivity contribution >= 4 is 0 Å². The smallest absolute Gasteiger partial charge is 0.0701 e. The van der Waals surface area contributed by atoms with Gasteiger partial charge in [0.25, 0.3) is 0 Å². The number of aromatic amines is 1. The van der Waals surface area contributed by atoms with Gasteiger partial charge in [0, 0.05) is 24.2 Å². The van der Waals surface area contributed by atoms with E-state index in [2.05, 4.69) is 22.1 Å². The Morgan fingerprint density at radius 1 is 0.706 bits per heavy atom. The Morgan fingerprint density at radius 2 is 1.41 bits per heavy atom. The molecule has 2 nitrogen and oxygen atoms in total. The lowest BCUT2D eigenvalue weighted by Gasteiger charge is -1.97. The van der Waals surface area contributed by atoms with E-state index in [1.165, 1.54) is 0 Å². The zero-order valence-corrected chi connectivity index (χ0v) is 9.45. The van der Waals surface area contributed by atoms with Gasteiger partial charge in [-0.05, 0) is 24.3 Å². The molecule has 0 bridgehead atoms. The minimum absolute atomic E-state index is 1.03. The van der Waals surface area contributed by atoms with Crippen molar-refractivity contribution in [1.82, 2.24) is 9.97 Å². The number of pyridine rings is 1. The molecule has 0 atom stereocenters. The van der Waals surface area contributed by atoms with Crippen molar-refractivity contribution in [1.29, 1.82) is 0 Å². The Kier molecular flexibility index (Phi) is 4.12. The van der Waals surface area contributed by atoms with Gasteiger partial charge in [-0.3, -0.25) is 4.98 Å². The third-order valence-electron chi connectivity index (χ3n) is 2.23. The number of rotatable bonds is 1. The second kappa shape index (κ2) is 6.28. The highest BCUT2D eigenvalue weighted by Gasteiger charge is 1.93. The molecule has 0 aliphatic rings. The first kappa shape index (κ1) is 11.1. The first-order valence-corrected chi connectivity index (χ1v) is 5.51. The average Bonchev–Trinajstić information content (AvgIpc) is 3.00. The van der Waals surface area contributed by atoms with Crippen LogP contribution in [0.25, 0.3) is 11.3 Å². The van der Waals surface area contributed by atoms with Gasteiger partial charge >= 0.3 is 0 Å². The summed E-state index contributed by atoms with van der Waals surface area (Å²) in [4.78, 5) is 7.11. The standard InChI is InChI=1S/C11H9N.C4H5N/c1-2-6-10(7-3-1)11-8-4-5-9-12-11;1-2-4-5-3-1/h1-9H;1-5H. The summed E-state index contributed by atoms with van der Waals surface area (Å²) in [7, 11) is 0. The number of nitrogens with one attached hydrogen (secondary N) is 1. The van der Waals surface area contributed by atoms with Crippen LogP contribution in [0, 0.1) is 0 Å². The molecule has 3 aromatic rings. The Balaban J connectivity index is 0.000000181. The van der Waals surface area contributed by atoms with E-state index < -0.39 is 0 Å². The highest BCUT2D eigenvalue weighted by molar-refractivity contribution is 5.58. The highest BCUT2D eigenvalue weighted by atomic mass is 14.7. The number of H-pyrrole nitrogens is 1. The quantitative estimate of drug-likeness (QED) is 0.667.